The Hall–Kier alpha value is -3.98. The molecule has 1 N–H and O–H groups in total. The van der Waals surface area contributed by atoms with Gasteiger partial charge >= 0.3 is 11.9 Å². The first-order chi connectivity index (χ1) is 15.1. The Morgan fingerprint density at radius 1 is 1.00 bits per heavy atom. The summed E-state index contributed by atoms with van der Waals surface area (Å²) in [4.78, 5) is 40.8. The van der Waals surface area contributed by atoms with Gasteiger partial charge < -0.3 is 0 Å². The fourth-order valence-corrected chi connectivity index (χ4v) is 3.72. The van der Waals surface area contributed by atoms with E-state index in [0.29, 0.717) is 17.5 Å². The highest BCUT2D eigenvalue weighted by molar-refractivity contribution is 7.09. The molecule has 8 nitrogen and oxygen atoms in total. The standard InChI is InChI=1S/C22H18N4O4S/c23-22(26-29-19(27)10-11-20(28)30-26)25(15-16-6-2-1-3-7-16)21-17(8-4-12-24-21)14-18-9-5-13-31-18/h1-13,23H,14-15H2. The summed E-state index contributed by atoms with van der Waals surface area (Å²) in [6.07, 6.45) is 4.13. The Bertz CT molecular complexity index is 1100. The lowest BCUT2D eigenvalue weighted by molar-refractivity contribution is -0.275. The van der Waals surface area contributed by atoms with Crippen LogP contribution in [0.15, 0.2) is 78.3 Å². The predicted octanol–water partition coefficient (Wildman–Crippen LogP) is 3.46. The van der Waals surface area contributed by atoms with E-state index in [-0.39, 0.29) is 12.5 Å². The van der Waals surface area contributed by atoms with Crippen molar-refractivity contribution < 1.29 is 19.3 Å². The average Bonchev–Trinajstić information content (AvgIpc) is 3.23. The van der Waals surface area contributed by atoms with Crippen LogP contribution in [0.5, 0.6) is 0 Å². The number of nitrogens with one attached hydrogen (secondary N) is 1. The number of guanidine groups is 1. The second-order valence-electron chi connectivity index (χ2n) is 6.55. The smallest absolute Gasteiger partial charge is 0.298 e. The van der Waals surface area contributed by atoms with Gasteiger partial charge in [0, 0.05) is 40.4 Å². The SMILES string of the molecule is N=C(N1OC(=O)C=CC(=O)O1)N(Cc1ccccc1)c1ncccc1Cc1cccs1. The number of carbonyl (C=O) groups excluding carboxylic acids is 2. The van der Waals surface area contributed by atoms with Gasteiger partial charge in [-0.3, -0.25) is 20.0 Å². The lowest BCUT2D eigenvalue weighted by Gasteiger charge is -2.29. The molecule has 1 aliphatic rings. The molecule has 0 bridgehead atoms. The third-order valence-electron chi connectivity index (χ3n) is 4.38. The van der Waals surface area contributed by atoms with E-state index >= 15 is 0 Å². The van der Waals surface area contributed by atoms with Gasteiger partial charge in [-0.05, 0) is 23.1 Å². The summed E-state index contributed by atoms with van der Waals surface area (Å²) in [6.45, 7) is 0.243. The molecule has 0 saturated carbocycles. The number of hydrogen-bond donors (Lipinski definition) is 1. The van der Waals surface area contributed by atoms with Crippen molar-refractivity contribution >= 4 is 35.1 Å². The van der Waals surface area contributed by atoms with Crippen LogP contribution >= 0.6 is 11.3 Å². The van der Waals surface area contributed by atoms with Gasteiger partial charge in [0.2, 0.25) is 0 Å². The molecule has 0 radical (unpaired) electrons. The summed E-state index contributed by atoms with van der Waals surface area (Å²) in [5.74, 6) is -1.51. The molecule has 0 atom stereocenters. The number of aromatic nitrogens is 1. The lowest BCUT2D eigenvalue weighted by Crippen LogP contribution is -2.45. The summed E-state index contributed by atoms with van der Waals surface area (Å²) in [5, 5.41) is 11.2. The zero-order valence-corrected chi connectivity index (χ0v) is 17.1. The first-order valence-electron chi connectivity index (χ1n) is 9.38. The highest BCUT2D eigenvalue weighted by atomic mass is 32.1. The average molecular weight is 434 g/mol. The molecule has 156 valence electrons. The third kappa shape index (κ3) is 4.96. The molecular formula is C22H18N4O4S. The Morgan fingerprint density at radius 2 is 1.74 bits per heavy atom. The van der Waals surface area contributed by atoms with Crippen molar-refractivity contribution in [1.29, 1.82) is 5.41 Å². The van der Waals surface area contributed by atoms with Crippen LogP contribution in [-0.2, 0) is 32.2 Å². The van der Waals surface area contributed by atoms with E-state index in [1.165, 1.54) is 4.90 Å². The molecule has 0 fully saturated rings. The molecular weight excluding hydrogens is 416 g/mol. The van der Waals surface area contributed by atoms with Crippen molar-refractivity contribution in [3.8, 4) is 0 Å². The van der Waals surface area contributed by atoms with Crippen LogP contribution in [0.25, 0.3) is 0 Å². The second-order valence-corrected chi connectivity index (χ2v) is 7.58. The second kappa shape index (κ2) is 9.23. The highest BCUT2D eigenvalue weighted by Crippen LogP contribution is 2.25. The number of rotatable bonds is 5. The zero-order valence-electron chi connectivity index (χ0n) is 16.3. The van der Waals surface area contributed by atoms with Crippen molar-refractivity contribution in [2.45, 2.75) is 13.0 Å². The van der Waals surface area contributed by atoms with E-state index < -0.39 is 11.9 Å². The van der Waals surface area contributed by atoms with Crippen molar-refractivity contribution in [3.63, 3.8) is 0 Å². The number of hydrogen-bond acceptors (Lipinski definition) is 7. The lowest BCUT2D eigenvalue weighted by atomic mass is 10.1. The molecule has 4 rings (SSSR count). The topological polar surface area (TPSA) is 95.8 Å². The molecule has 1 aromatic carbocycles. The minimum atomic E-state index is -0.824. The number of nitrogens with zero attached hydrogens (tertiary/aromatic N) is 3. The number of benzene rings is 1. The van der Waals surface area contributed by atoms with Crippen LogP contribution in [0, 0.1) is 5.41 Å². The maximum absolute atomic E-state index is 11.8. The van der Waals surface area contributed by atoms with Gasteiger partial charge in [0.1, 0.15) is 5.82 Å². The molecule has 0 saturated heterocycles. The van der Waals surface area contributed by atoms with Crippen LogP contribution in [0.3, 0.4) is 0 Å². The minimum Gasteiger partial charge on any atom is -0.298 e. The van der Waals surface area contributed by atoms with Crippen molar-refractivity contribution in [3.05, 3.63) is 94.3 Å². The molecule has 2 aromatic heterocycles. The molecule has 0 spiro atoms. The third-order valence-corrected chi connectivity index (χ3v) is 5.26. The van der Waals surface area contributed by atoms with E-state index in [9.17, 15) is 9.59 Å². The van der Waals surface area contributed by atoms with E-state index in [1.54, 1.807) is 17.5 Å². The van der Waals surface area contributed by atoms with Crippen LogP contribution in [0.1, 0.15) is 16.0 Å². The van der Waals surface area contributed by atoms with Crippen LogP contribution in [0.4, 0.5) is 5.82 Å². The quantitative estimate of drug-likeness (QED) is 0.485. The van der Waals surface area contributed by atoms with E-state index in [4.69, 9.17) is 15.1 Å². The normalized spacial score (nSPS) is 13.4. The maximum Gasteiger partial charge on any atom is 0.360 e. The molecule has 1 aliphatic heterocycles. The van der Waals surface area contributed by atoms with Gasteiger partial charge in [0.15, 0.2) is 0 Å². The van der Waals surface area contributed by atoms with Crippen LogP contribution in [-0.4, -0.2) is 28.1 Å². The van der Waals surface area contributed by atoms with Gasteiger partial charge in [0.05, 0.1) is 6.54 Å². The largest absolute Gasteiger partial charge is 0.360 e. The zero-order chi connectivity index (χ0) is 21.6. The summed E-state index contributed by atoms with van der Waals surface area (Å²) in [6, 6.07) is 17.2. The summed E-state index contributed by atoms with van der Waals surface area (Å²) >= 11 is 1.62. The minimum absolute atomic E-state index is 0.243. The maximum atomic E-state index is 11.8. The Balaban J connectivity index is 1.71. The van der Waals surface area contributed by atoms with Gasteiger partial charge in [-0.15, -0.1) is 11.3 Å². The molecule has 0 amide bonds. The van der Waals surface area contributed by atoms with Crippen LogP contribution in [0.2, 0.25) is 0 Å². The summed E-state index contributed by atoms with van der Waals surface area (Å²) < 4.78 is 0. The van der Waals surface area contributed by atoms with Gasteiger partial charge in [-0.25, -0.2) is 14.6 Å². The van der Waals surface area contributed by atoms with Gasteiger partial charge in [-0.1, -0.05) is 42.5 Å². The molecule has 3 heterocycles. The number of hydroxylamine groups is 2. The van der Waals surface area contributed by atoms with E-state index in [1.807, 2.05) is 60.0 Å². The number of pyridine rings is 1. The first-order valence-corrected chi connectivity index (χ1v) is 10.3. The van der Waals surface area contributed by atoms with Gasteiger partial charge in [0.25, 0.3) is 5.96 Å². The van der Waals surface area contributed by atoms with Crippen LogP contribution < -0.4 is 4.90 Å². The summed E-state index contributed by atoms with van der Waals surface area (Å²) in [5.41, 5.74) is 1.77. The molecule has 0 aliphatic carbocycles. The fourth-order valence-electron chi connectivity index (χ4n) is 2.99. The first kappa shape index (κ1) is 20.3. The molecule has 31 heavy (non-hydrogen) atoms. The Morgan fingerprint density at radius 3 is 2.42 bits per heavy atom. The number of carbonyl (C=O) groups is 2. The van der Waals surface area contributed by atoms with Crippen molar-refractivity contribution in [1.82, 2.24) is 10.2 Å². The molecule has 3 aromatic rings. The number of anilines is 1. The monoisotopic (exact) mass is 434 g/mol. The Kier molecular flexibility index (Phi) is 6.04. The molecule has 0 unspecified atom stereocenters. The van der Waals surface area contributed by atoms with E-state index in [2.05, 4.69) is 4.98 Å². The fraction of sp³-hybridized carbons (Fsp3) is 0.0909. The predicted molar refractivity (Wildman–Crippen MR) is 115 cm³/mol. The van der Waals surface area contributed by atoms with Crippen molar-refractivity contribution in [2.24, 2.45) is 0 Å². The van der Waals surface area contributed by atoms with Gasteiger partial charge in [-0.2, -0.15) is 0 Å². The van der Waals surface area contributed by atoms with E-state index in [0.717, 1.165) is 28.2 Å². The van der Waals surface area contributed by atoms with Crippen molar-refractivity contribution in [2.75, 3.05) is 4.90 Å². The highest BCUT2D eigenvalue weighted by Gasteiger charge is 2.29. The Labute approximate surface area is 182 Å². The number of thiophene rings is 1. The molecule has 9 heteroatoms. The summed E-state index contributed by atoms with van der Waals surface area (Å²) in [7, 11) is 0.